The van der Waals surface area contributed by atoms with Crippen molar-refractivity contribution in [2.45, 2.75) is 12.8 Å². The summed E-state index contributed by atoms with van der Waals surface area (Å²) < 4.78 is 10.8. The number of hydrogen-bond donors (Lipinski definition) is 0. The van der Waals surface area contributed by atoms with Crippen molar-refractivity contribution in [1.29, 1.82) is 5.26 Å². The molecular formula is C17H15NO2. The highest BCUT2D eigenvalue weighted by molar-refractivity contribution is 5.95. The van der Waals surface area contributed by atoms with E-state index in [1.807, 2.05) is 24.3 Å². The van der Waals surface area contributed by atoms with Crippen LogP contribution in [0.5, 0.6) is 11.5 Å². The highest BCUT2D eigenvalue weighted by Crippen LogP contribution is 2.37. The molecule has 1 aliphatic rings. The molecule has 0 fully saturated rings. The van der Waals surface area contributed by atoms with Crippen LogP contribution < -0.4 is 9.47 Å². The quantitative estimate of drug-likeness (QED) is 0.831. The van der Waals surface area contributed by atoms with Gasteiger partial charge in [0.1, 0.15) is 11.5 Å². The van der Waals surface area contributed by atoms with E-state index < -0.39 is 0 Å². The Morgan fingerprint density at radius 3 is 2.60 bits per heavy atom. The molecule has 0 spiro atoms. The Labute approximate surface area is 118 Å². The second-order valence-corrected chi connectivity index (χ2v) is 4.84. The van der Waals surface area contributed by atoms with Crippen LogP contribution in [0.2, 0.25) is 0 Å². The smallest absolute Gasteiger partial charge is 0.127 e. The molecule has 2 aromatic rings. The SMILES string of the molecule is COc1ccc2c3c(cc(OC)c2c1)C=C(C#N)CC3. The molecule has 0 aromatic heterocycles. The summed E-state index contributed by atoms with van der Waals surface area (Å²) in [6.07, 6.45) is 3.66. The molecule has 20 heavy (non-hydrogen) atoms. The second kappa shape index (κ2) is 4.90. The molecule has 0 saturated heterocycles. The molecule has 0 saturated carbocycles. The van der Waals surface area contributed by atoms with E-state index in [0.29, 0.717) is 0 Å². The van der Waals surface area contributed by atoms with Crippen molar-refractivity contribution >= 4 is 16.8 Å². The highest BCUT2D eigenvalue weighted by Gasteiger charge is 2.16. The van der Waals surface area contributed by atoms with Gasteiger partial charge in [0.25, 0.3) is 0 Å². The minimum Gasteiger partial charge on any atom is -0.497 e. The summed E-state index contributed by atoms with van der Waals surface area (Å²) in [7, 11) is 3.33. The maximum atomic E-state index is 9.06. The van der Waals surface area contributed by atoms with Crippen molar-refractivity contribution in [1.82, 2.24) is 0 Å². The minimum atomic E-state index is 0.803. The van der Waals surface area contributed by atoms with Crippen molar-refractivity contribution in [2.24, 2.45) is 0 Å². The largest absolute Gasteiger partial charge is 0.497 e. The van der Waals surface area contributed by atoms with E-state index in [1.54, 1.807) is 14.2 Å². The summed E-state index contributed by atoms with van der Waals surface area (Å²) in [4.78, 5) is 0. The van der Waals surface area contributed by atoms with Crippen LogP contribution in [0.25, 0.3) is 16.8 Å². The molecule has 0 radical (unpaired) electrons. The fraction of sp³-hybridized carbons (Fsp3) is 0.235. The van der Waals surface area contributed by atoms with E-state index in [9.17, 15) is 0 Å². The van der Waals surface area contributed by atoms with E-state index in [2.05, 4.69) is 12.1 Å². The molecule has 2 aromatic carbocycles. The molecule has 1 aliphatic carbocycles. The summed E-state index contributed by atoms with van der Waals surface area (Å²) in [6, 6.07) is 10.3. The van der Waals surface area contributed by atoms with Crippen LogP contribution in [0.15, 0.2) is 29.8 Å². The van der Waals surface area contributed by atoms with Crippen LogP contribution >= 0.6 is 0 Å². The topological polar surface area (TPSA) is 42.2 Å². The Bertz CT molecular complexity index is 754. The van der Waals surface area contributed by atoms with Crippen LogP contribution in [0.1, 0.15) is 17.5 Å². The first kappa shape index (κ1) is 12.6. The first-order valence-corrected chi connectivity index (χ1v) is 6.55. The van der Waals surface area contributed by atoms with Gasteiger partial charge in [0, 0.05) is 11.0 Å². The first-order valence-electron chi connectivity index (χ1n) is 6.55. The van der Waals surface area contributed by atoms with E-state index in [1.165, 1.54) is 10.9 Å². The predicted molar refractivity (Wildman–Crippen MR) is 79.0 cm³/mol. The summed E-state index contributed by atoms with van der Waals surface area (Å²) in [5.41, 5.74) is 3.19. The van der Waals surface area contributed by atoms with Gasteiger partial charge in [-0.3, -0.25) is 0 Å². The number of hydrogen-bond acceptors (Lipinski definition) is 3. The Balaban J connectivity index is 2.31. The van der Waals surface area contributed by atoms with Gasteiger partial charge in [-0.25, -0.2) is 0 Å². The van der Waals surface area contributed by atoms with Gasteiger partial charge in [0.2, 0.25) is 0 Å². The number of aryl methyl sites for hydroxylation is 1. The molecule has 0 atom stereocenters. The van der Waals surface area contributed by atoms with Crippen molar-refractivity contribution in [3.63, 3.8) is 0 Å². The molecule has 0 unspecified atom stereocenters. The van der Waals surface area contributed by atoms with Crippen molar-refractivity contribution in [2.75, 3.05) is 14.2 Å². The van der Waals surface area contributed by atoms with E-state index >= 15 is 0 Å². The van der Waals surface area contributed by atoms with Gasteiger partial charge in [0.05, 0.1) is 20.3 Å². The monoisotopic (exact) mass is 265 g/mol. The van der Waals surface area contributed by atoms with Crippen molar-refractivity contribution in [3.05, 3.63) is 41.0 Å². The number of nitrogens with zero attached hydrogens (tertiary/aromatic N) is 1. The molecular weight excluding hydrogens is 250 g/mol. The lowest BCUT2D eigenvalue weighted by molar-refractivity contribution is 0.412. The number of ether oxygens (including phenoxy) is 2. The molecule has 0 bridgehead atoms. The zero-order chi connectivity index (χ0) is 14.1. The van der Waals surface area contributed by atoms with Gasteiger partial charge >= 0.3 is 0 Å². The Hall–Kier alpha value is -2.47. The van der Waals surface area contributed by atoms with Gasteiger partial charge in [-0.2, -0.15) is 5.26 Å². The Kier molecular flexibility index (Phi) is 3.08. The fourth-order valence-corrected chi connectivity index (χ4v) is 2.76. The molecule has 3 rings (SSSR count). The third kappa shape index (κ3) is 1.90. The molecule has 100 valence electrons. The van der Waals surface area contributed by atoms with Crippen LogP contribution in [0.4, 0.5) is 0 Å². The third-order valence-electron chi connectivity index (χ3n) is 3.79. The minimum absolute atomic E-state index is 0.803. The summed E-state index contributed by atoms with van der Waals surface area (Å²) in [5, 5.41) is 11.3. The molecule has 3 nitrogen and oxygen atoms in total. The molecule has 0 amide bonds. The Morgan fingerprint density at radius 2 is 1.90 bits per heavy atom. The van der Waals surface area contributed by atoms with E-state index in [4.69, 9.17) is 14.7 Å². The van der Waals surface area contributed by atoms with Crippen LogP contribution in [0, 0.1) is 11.3 Å². The standard InChI is InChI=1S/C17H15NO2/c1-19-13-4-6-15-14-5-3-11(10-18)7-12(14)8-17(20-2)16(15)9-13/h4,6-9H,3,5H2,1-2H3. The highest BCUT2D eigenvalue weighted by atomic mass is 16.5. The lowest BCUT2D eigenvalue weighted by Crippen LogP contribution is -2.01. The maximum absolute atomic E-state index is 9.06. The van der Waals surface area contributed by atoms with Crippen LogP contribution in [-0.2, 0) is 6.42 Å². The number of benzene rings is 2. The lowest BCUT2D eigenvalue weighted by atomic mass is 9.88. The number of fused-ring (bicyclic) bond motifs is 3. The van der Waals surface area contributed by atoms with Gasteiger partial charge in [-0.15, -0.1) is 0 Å². The van der Waals surface area contributed by atoms with Crippen molar-refractivity contribution < 1.29 is 9.47 Å². The van der Waals surface area contributed by atoms with Crippen LogP contribution in [0.3, 0.4) is 0 Å². The summed E-state index contributed by atoms with van der Waals surface area (Å²) >= 11 is 0. The first-order chi connectivity index (χ1) is 9.76. The van der Waals surface area contributed by atoms with Crippen molar-refractivity contribution in [3.8, 4) is 17.6 Å². The van der Waals surface area contributed by atoms with E-state index in [-0.39, 0.29) is 0 Å². The maximum Gasteiger partial charge on any atom is 0.127 e. The predicted octanol–water partition coefficient (Wildman–Crippen LogP) is 3.71. The average molecular weight is 265 g/mol. The van der Waals surface area contributed by atoms with Crippen LogP contribution in [-0.4, -0.2) is 14.2 Å². The lowest BCUT2D eigenvalue weighted by Gasteiger charge is -2.18. The third-order valence-corrected chi connectivity index (χ3v) is 3.79. The number of methoxy groups -OCH3 is 2. The molecule has 0 aliphatic heterocycles. The Morgan fingerprint density at radius 1 is 1.05 bits per heavy atom. The van der Waals surface area contributed by atoms with E-state index in [0.717, 1.165) is 40.9 Å². The van der Waals surface area contributed by atoms with Gasteiger partial charge in [-0.1, -0.05) is 6.07 Å². The molecule has 0 heterocycles. The average Bonchev–Trinajstić information content (AvgIpc) is 2.52. The second-order valence-electron chi connectivity index (χ2n) is 4.84. The summed E-state index contributed by atoms with van der Waals surface area (Å²) in [5.74, 6) is 1.63. The zero-order valence-corrected chi connectivity index (χ0v) is 11.6. The molecule has 3 heteroatoms. The fourth-order valence-electron chi connectivity index (χ4n) is 2.76. The molecule has 0 N–H and O–H groups in total. The van der Waals surface area contributed by atoms with Gasteiger partial charge in [0.15, 0.2) is 0 Å². The zero-order valence-electron chi connectivity index (χ0n) is 11.6. The summed E-state index contributed by atoms with van der Waals surface area (Å²) in [6.45, 7) is 0. The number of allylic oxidation sites excluding steroid dienone is 1. The van der Waals surface area contributed by atoms with Gasteiger partial charge < -0.3 is 9.47 Å². The van der Waals surface area contributed by atoms with Gasteiger partial charge in [-0.05, 0) is 53.6 Å². The number of rotatable bonds is 2. The normalized spacial score (nSPS) is 13.3. The number of nitriles is 1.